The minimum atomic E-state index is 0.363. The van der Waals surface area contributed by atoms with Crippen molar-refractivity contribution in [1.29, 1.82) is 0 Å². The summed E-state index contributed by atoms with van der Waals surface area (Å²) < 4.78 is 5.13. The zero-order chi connectivity index (χ0) is 13.3. The van der Waals surface area contributed by atoms with Gasteiger partial charge in [0.25, 0.3) is 0 Å². The van der Waals surface area contributed by atoms with E-state index in [-0.39, 0.29) is 0 Å². The molecule has 0 aromatic heterocycles. The molecule has 17 heavy (non-hydrogen) atoms. The molecule has 0 saturated carbocycles. The summed E-state index contributed by atoms with van der Waals surface area (Å²) in [5.41, 5.74) is 0.363. The van der Waals surface area contributed by atoms with E-state index in [0.717, 1.165) is 26.2 Å². The quantitative estimate of drug-likeness (QED) is 0.638. The molecule has 1 N–H and O–H groups in total. The lowest BCUT2D eigenvalue weighted by atomic mass is 9.84. The van der Waals surface area contributed by atoms with Gasteiger partial charge in [0.1, 0.15) is 0 Å². The number of ether oxygens (including phenoxy) is 1. The SMILES string of the molecule is CCCC(C)(CNC(C)C)CN(C)CCOC. The molecule has 1 unspecified atom stereocenters. The highest BCUT2D eigenvalue weighted by Crippen LogP contribution is 2.23. The van der Waals surface area contributed by atoms with Crippen molar-refractivity contribution < 1.29 is 4.74 Å². The van der Waals surface area contributed by atoms with Crippen molar-refractivity contribution in [1.82, 2.24) is 10.2 Å². The number of methoxy groups -OCH3 is 1. The van der Waals surface area contributed by atoms with Crippen LogP contribution < -0.4 is 5.32 Å². The highest BCUT2D eigenvalue weighted by Gasteiger charge is 2.24. The first-order valence-electron chi connectivity index (χ1n) is 6.84. The minimum Gasteiger partial charge on any atom is -0.383 e. The minimum absolute atomic E-state index is 0.363. The molecule has 0 heterocycles. The third-order valence-electron chi connectivity index (χ3n) is 3.12. The van der Waals surface area contributed by atoms with Crippen LogP contribution in [0.4, 0.5) is 0 Å². The number of nitrogens with one attached hydrogen (secondary N) is 1. The second kappa shape index (κ2) is 8.90. The van der Waals surface area contributed by atoms with E-state index >= 15 is 0 Å². The monoisotopic (exact) mass is 244 g/mol. The van der Waals surface area contributed by atoms with Crippen LogP contribution in [0.25, 0.3) is 0 Å². The van der Waals surface area contributed by atoms with E-state index in [1.807, 2.05) is 0 Å². The van der Waals surface area contributed by atoms with Gasteiger partial charge >= 0.3 is 0 Å². The van der Waals surface area contributed by atoms with E-state index in [2.05, 4.69) is 45.0 Å². The van der Waals surface area contributed by atoms with Gasteiger partial charge in [-0.3, -0.25) is 0 Å². The van der Waals surface area contributed by atoms with Crippen LogP contribution in [0.15, 0.2) is 0 Å². The van der Waals surface area contributed by atoms with Crippen molar-refractivity contribution in [2.45, 2.75) is 46.6 Å². The Kier molecular flexibility index (Phi) is 8.83. The van der Waals surface area contributed by atoms with Gasteiger partial charge in [0, 0.05) is 32.8 Å². The Morgan fingerprint density at radius 2 is 2.00 bits per heavy atom. The Hall–Kier alpha value is -0.120. The molecule has 3 nitrogen and oxygen atoms in total. The largest absolute Gasteiger partial charge is 0.383 e. The third-order valence-corrected chi connectivity index (χ3v) is 3.12. The number of nitrogens with zero attached hydrogens (tertiary/aromatic N) is 1. The number of rotatable bonds is 10. The molecule has 0 aliphatic heterocycles. The normalized spacial score (nSPS) is 15.5. The first kappa shape index (κ1) is 16.9. The molecule has 0 bridgehead atoms. The van der Waals surface area contributed by atoms with Crippen molar-refractivity contribution in [3.05, 3.63) is 0 Å². The van der Waals surface area contributed by atoms with E-state index in [1.165, 1.54) is 12.8 Å². The summed E-state index contributed by atoms with van der Waals surface area (Å²) in [6, 6.07) is 0.565. The maximum atomic E-state index is 5.13. The van der Waals surface area contributed by atoms with Crippen LogP contribution in [0.2, 0.25) is 0 Å². The van der Waals surface area contributed by atoms with E-state index in [9.17, 15) is 0 Å². The first-order chi connectivity index (χ1) is 7.93. The summed E-state index contributed by atoms with van der Waals surface area (Å²) in [5, 5.41) is 3.57. The van der Waals surface area contributed by atoms with Crippen molar-refractivity contribution in [3.8, 4) is 0 Å². The Bertz CT molecular complexity index is 185. The van der Waals surface area contributed by atoms with Crippen LogP contribution in [0.1, 0.15) is 40.5 Å². The molecule has 0 amide bonds. The molecule has 3 heteroatoms. The summed E-state index contributed by atoms with van der Waals surface area (Å²) in [7, 11) is 3.95. The lowest BCUT2D eigenvalue weighted by molar-refractivity contribution is 0.122. The molecule has 0 fully saturated rings. The van der Waals surface area contributed by atoms with Crippen LogP contribution in [0.3, 0.4) is 0 Å². The zero-order valence-corrected chi connectivity index (χ0v) is 12.7. The van der Waals surface area contributed by atoms with Gasteiger partial charge in [-0.15, -0.1) is 0 Å². The summed E-state index contributed by atoms with van der Waals surface area (Å²) in [5.74, 6) is 0. The van der Waals surface area contributed by atoms with Gasteiger partial charge in [0.2, 0.25) is 0 Å². The third kappa shape index (κ3) is 8.58. The van der Waals surface area contributed by atoms with Crippen LogP contribution in [-0.4, -0.2) is 51.3 Å². The topological polar surface area (TPSA) is 24.5 Å². The predicted molar refractivity (Wildman–Crippen MR) is 75.5 cm³/mol. The summed E-state index contributed by atoms with van der Waals surface area (Å²) in [6.07, 6.45) is 2.51. The highest BCUT2D eigenvalue weighted by atomic mass is 16.5. The lowest BCUT2D eigenvalue weighted by Gasteiger charge is -2.34. The number of hydrogen-bond acceptors (Lipinski definition) is 3. The molecule has 0 aliphatic carbocycles. The van der Waals surface area contributed by atoms with Crippen molar-refractivity contribution in [3.63, 3.8) is 0 Å². The summed E-state index contributed by atoms with van der Waals surface area (Å²) in [6.45, 7) is 13.1. The Morgan fingerprint density at radius 3 is 2.47 bits per heavy atom. The maximum Gasteiger partial charge on any atom is 0.0589 e. The molecule has 0 rings (SSSR count). The molecule has 0 aromatic carbocycles. The van der Waals surface area contributed by atoms with Crippen LogP contribution in [0.5, 0.6) is 0 Å². The molecule has 0 aromatic rings. The van der Waals surface area contributed by atoms with Crippen molar-refractivity contribution in [2.24, 2.45) is 5.41 Å². The Morgan fingerprint density at radius 1 is 1.35 bits per heavy atom. The molecule has 0 saturated heterocycles. The molecule has 1 atom stereocenters. The van der Waals surface area contributed by atoms with Crippen molar-refractivity contribution in [2.75, 3.05) is 40.4 Å². The van der Waals surface area contributed by atoms with Crippen LogP contribution in [0, 0.1) is 5.41 Å². The van der Waals surface area contributed by atoms with E-state index in [1.54, 1.807) is 7.11 Å². The molecule has 0 radical (unpaired) electrons. The Balaban J connectivity index is 4.17. The first-order valence-corrected chi connectivity index (χ1v) is 6.84. The second-order valence-electron chi connectivity index (χ2n) is 5.83. The fourth-order valence-electron chi connectivity index (χ4n) is 2.26. The van der Waals surface area contributed by atoms with Gasteiger partial charge in [-0.1, -0.05) is 34.1 Å². The van der Waals surface area contributed by atoms with E-state index < -0.39 is 0 Å². The fourth-order valence-corrected chi connectivity index (χ4v) is 2.26. The van der Waals surface area contributed by atoms with Gasteiger partial charge in [0.15, 0.2) is 0 Å². The van der Waals surface area contributed by atoms with Gasteiger partial charge in [0.05, 0.1) is 6.61 Å². The van der Waals surface area contributed by atoms with Crippen LogP contribution >= 0.6 is 0 Å². The predicted octanol–water partition coefficient (Wildman–Crippen LogP) is 2.37. The maximum absolute atomic E-state index is 5.13. The molecular weight excluding hydrogens is 212 g/mol. The summed E-state index contributed by atoms with van der Waals surface area (Å²) >= 11 is 0. The second-order valence-corrected chi connectivity index (χ2v) is 5.83. The molecular formula is C14H32N2O. The highest BCUT2D eigenvalue weighted by molar-refractivity contribution is 4.80. The summed E-state index contributed by atoms with van der Waals surface area (Å²) in [4.78, 5) is 2.38. The Labute approximate surface area is 108 Å². The van der Waals surface area contributed by atoms with E-state index in [4.69, 9.17) is 4.74 Å². The zero-order valence-electron chi connectivity index (χ0n) is 12.7. The van der Waals surface area contributed by atoms with Crippen molar-refractivity contribution >= 4 is 0 Å². The molecule has 0 aliphatic rings. The standard InChI is InChI=1S/C14H32N2O/c1-7-8-14(4,11-15-13(2)3)12-16(5)9-10-17-6/h13,15H,7-12H2,1-6H3. The van der Waals surface area contributed by atoms with Gasteiger partial charge in [-0.2, -0.15) is 0 Å². The van der Waals surface area contributed by atoms with Gasteiger partial charge < -0.3 is 15.0 Å². The average molecular weight is 244 g/mol. The van der Waals surface area contributed by atoms with Gasteiger partial charge in [-0.25, -0.2) is 0 Å². The number of hydrogen-bond donors (Lipinski definition) is 1. The van der Waals surface area contributed by atoms with Gasteiger partial charge in [-0.05, 0) is 18.9 Å². The molecule has 0 spiro atoms. The fraction of sp³-hybridized carbons (Fsp3) is 1.00. The number of likely N-dealkylation sites (N-methyl/N-ethyl adjacent to an activating group) is 1. The average Bonchev–Trinajstić information content (AvgIpc) is 2.24. The molecule has 104 valence electrons. The van der Waals surface area contributed by atoms with E-state index in [0.29, 0.717) is 11.5 Å². The lowest BCUT2D eigenvalue weighted by Crippen LogP contribution is -2.43. The van der Waals surface area contributed by atoms with Crippen LogP contribution in [-0.2, 0) is 4.74 Å². The smallest absolute Gasteiger partial charge is 0.0589 e.